The zero-order valence-corrected chi connectivity index (χ0v) is 9.22. The fraction of sp³-hybridized carbons (Fsp3) is 0.455. The number of aryl methyl sites for hydroxylation is 1. The lowest BCUT2D eigenvalue weighted by atomic mass is 10.1. The number of rotatable bonds is 7. The third kappa shape index (κ3) is 3.42. The van der Waals surface area contributed by atoms with Crippen LogP contribution in [0.15, 0.2) is 18.5 Å². The molecule has 0 bridgehead atoms. The molecule has 0 aliphatic carbocycles. The van der Waals surface area contributed by atoms with Crippen molar-refractivity contribution in [3.05, 3.63) is 24.0 Å². The highest BCUT2D eigenvalue weighted by Gasteiger charge is 2.16. The van der Waals surface area contributed by atoms with E-state index in [-0.39, 0.29) is 0 Å². The maximum absolute atomic E-state index is 10.8. The van der Waals surface area contributed by atoms with Crippen LogP contribution < -0.4 is 5.32 Å². The van der Waals surface area contributed by atoms with Crippen molar-refractivity contribution < 1.29 is 14.7 Å². The largest absolute Gasteiger partial charge is 0.480 e. The van der Waals surface area contributed by atoms with Gasteiger partial charge in [-0.25, -0.2) is 4.79 Å². The molecule has 2 N–H and O–H groups in total. The Morgan fingerprint density at radius 2 is 2.44 bits per heavy atom. The SMILES string of the molecule is CCCn1ccc(CC(NC=O)C(=O)O)c1. The molecule has 0 fully saturated rings. The summed E-state index contributed by atoms with van der Waals surface area (Å²) in [6, 6.07) is 1.02. The molecule has 5 nitrogen and oxygen atoms in total. The highest BCUT2D eigenvalue weighted by molar-refractivity contribution is 5.76. The molecular weight excluding hydrogens is 208 g/mol. The number of carboxylic acid groups (broad SMARTS) is 1. The van der Waals surface area contributed by atoms with E-state index in [9.17, 15) is 9.59 Å². The van der Waals surface area contributed by atoms with Crippen molar-refractivity contribution in [3.63, 3.8) is 0 Å². The third-order valence-electron chi connectivity index (χ3n) is 2.30. The van der Waals surface area contributed by atoms with Crippen LogP contribution in [0.25, 0.3) is 0 Å². The number of amides is 1. The molecule has 0 aliphatic rings. The number of nitrogens with zero attached hydrogens (tertiary/aromatic N) is 1. The molecule has 0 radical (unpaired) electrons. The third-order valence-corrected chi connectivity index (χ3v) is 2.30. The summed E-state index contributed by atoms with van der Waals surface area (Å²) in [6.07, 6.45) is 5.58. The summed E-state index contributed by atoms with van der Waals surface area (Å²) < 4.78 is 2.01. The molecule has 1 atom stereocenters. The molecule has 1 aromatic heterocycles. The van der Waals surface area contributed by atoms with Gasteiger partial charge < -0.3 is 15.0 Å². The van der Waals surface area contributed by atoms with Crippen molar-refractivity contribution in [3.8, 4) is 0 Å². The van der Waals surface area contributed by atoms with Crippen molar-refractivity contribution >= 4 is 12.4 Å². The predicted molar refractivity (Wildman–Crippen MR) is 59.1 cm³/mol. The van der Waals surface area contributed by atoms with Crippen molar-refractivity contribution in [1.29, 1.82) is 0 Å². The molecule has 88 valence electrons. The van der Waals surface area contributed by atoms with Gasteiger partial charge >= 0.3 is 5.97 Å². The molecule has 1 rings (SSSR count). The van der Waals surface area contributed by atoms with Crippen molar-refractivity contribution in [1.82, 2.24) is 9.88 Å². The summed E-state index contributed by atoms with van der Waals surface area (Å²) in [5.74, 6) is -1.02. The van der Waals surface area contributed by atoms with Crippen LogP contribution in [-0.4, -0.2) is 28.1 Å². The summed E-state index contributed by atoms with van der Waals surface area (Å²) in [4.78, 5) is 21.0. The van der Waals surface area contributed by atoms with Crippen LogP contribution in [0.5, 0.6) is 0 Å². The lowest BCUT2D eigenvalue weighted by molar-refractivity contribution is -0.140. The van der Waals surface area contributed by atoms with Gasteiger partial charge in [-0.15, -0.1) is 0 Å². The first-order valence-electron chi connectivity index (χ1n) is 5.24. The summed E-state index contributed by atoms with van der Waals surface area (Å²) in [5, 5.41) is 11.1. The van der Waals surface area contributed by atoms with Crippen LogP contribution in [-0.2, 0) is 22.6 Å². The quantitative estimate of drug-likeness (QED) is 0.668. The topological polar surface area (TPSA) is 71.3 Å². The Hall–Kier alpha value is -1.78. The average molecular weight is 224 g/mol. The average Bonchev–Trinajstić information content (AvgIpc) is 2.65. The van der Waals surface area contributed by atoms with Gasteiger partial charge in [0, 0.05) is 25.4 Å². The van der Waals surface area contributed by atoms with Gasteiger partial charge in [-0.3, -0.25) is 4.79 Å². The summed E-state index contributed by atoms with van der Waals surface area (Å²) >= 11 is 0. The van der Waals surface area contributed by atoms with Crippen LogP contribution in [0.1, 0.15) is 18.9 Å². The molecule has 0 spiro atoms. The van der Waals surface area contributed by atoms with Gasteiger partial charge in [0.2, 0.25) is 6.41 Å². The first-order chi connectivity index (χ1) is 7.67. The summed E-state index contributed by atoms with van der Waals surface area (Å²) in [7, 11) is 0. The first kappa shape index (κ1) is 12.3. The smallest absolute Gasteiger partial charge is 0.326 e. The fourth-order valence-corrected chi connectivity index (χ4v) is 1.54. The first-order valence-corrected chi connectivity index (χ1v) is 5.24. The van der Waals surface area contributed by atoms with Crippen molar-refractivity contribution in [2.75, 3.05) is 0 Å². The Morgan fingerprint density at radius 3 is 3.00 bits per heavy atom. The number of hydrogen-bond acceptors (Lipinski definition) is 2. The van der Waals surface area contributed by atoms with Crippen LogP contribution >= 0.6 is 0 Å². The number of carbonyl (C=O) groups excluding carboxylic acids is 1. The summed E-state index contributed by atoms with van der Waals surface area (Å²) in [6.45, 7) is 2.99. The van der Waals surface area contributed by atoms with Gasteiger partial charge in [0.1, 0.15) is 6.04 Å². The maximum Gasteiger partial charge on any atom is 0.326 e. The molecule has 1 amide bonds. The van der Waals surface area contributed by atoms with E-state index in [1.807, 2.05) is 23.0 Å². The normalized spacial score (nSPS) is 12.1. The minimum absolute atomic E-state index is 0.310. The molecule has 0 saturated carbocycles. The Bertz CT molecular complexity index is 360. The monoisotopic (exact) mass is 224 g/mol. The van der Waals surface area contributed by atoms with E-state index in [0.717, 1.165) is 18.5 Å². The molecule has 16 heavy (non-hydrogen) atoms. The van der Waals surface area contributed by atoms with Crippen LogP contribution in [0, 0.1) is 0 Å². The highest BCUT2D eigenvalue weighted by Crippen LogP contribution is 2.06. The second-order valence-corrected chi connectivity index (χ2v) is 3.64. The zero-order valence-electron chi connectivity index (χ0n) is 9.22. The van der Waals surface area contributed by atoms with Gasteiger partial charge in [-0.2, -0.15) is 0 Å². The van der Waals surface area contributed by atoms with Gasteiger partial charge in [0.05, 0.1) is 0 Å². The minimum atomic E-state index is -1.02. The predicted octanol–water partition coefficient (Wildman–Crippen LogP) is 0.640. The lowest BCUT2D eigenvalue weighted by Gasteiger charge is -2.09. The van der Waals surface area contributed by atoms with Crippen LogP contribution in [0.3, 0.4) is 0 Å². The Kier molecular flexibility index (Phi) is 4.57. The fourth-order valence-electron chi connectivity index (χ4n) is 1.54. The van der Waals surface area contributed by atoms with E-state index in [4.69, 9.17) is 5.11 Å². The molecule has 1 heterocycles. The Balaban J connectivity index is 2.62. The van der Waals surface area contributed by atoms with E-state index in [1.54, 1.807) is 0 Å². The van der Waals surface area contributed by atoms with Gasteiger partial charge in [0.25, 0.3) is 0 Å². The van der Waals surface area contributed by atoms with E-state index in [2.05, 4.69) is 12.2 Å². The van der Waals surface area contributed by atoms with Gasteiger partial charge in [-0.05, 0) is 18.1 Å². The molecule has 1 unspecified atom stereocenters. The number of aliphatic carboxylic acids is 1. The standard InChI is InChI=1S/C11H16N2O3/c1-2-4-13-5-3-9(7-13)6-10(11(15)16)12-8-14/h3,5,7-8,10H,2,4,6H2,1H3,(H,12,14)(H,15,16). The lowest BCUT2D eigenvalue weighted by Crippen LogP contribution is -2.37. The second kappa shape index (κ2) is 5.95. The molecule has 5 heteroatoms. The molecule has 0 aliphatic heterocycles. The number of carbonyl (C=O) groups is 2. The molecule has 0 aromatic carbocycles. The molecular formula is C11H16N2O3. The van der Waals surface area contributed by atoms with Crippen molar-refractivity contribution in [2.45, 2.75) is 32.4 Å². The maximum atomic E-state index is 10.8. The second-order valence-electron chi connectivity index (χ2n) is 3.64. The zero-order chi connectivity index (χ0) is 12.0. The Morgan fingerprint density at radius 1 is 1.69 bits per heavy atom. The number of hydrogen-bond donors (Lipinski definition) is 2. The molecule has 0 saturated heterocycles. The van der Waals surface area contributed by atoms with E-state index in [1.165, 1.54) is 0 Å². The highest BCUT2D eigenvalue weighted by atomic mass is 16.4. The van der Waals surface area contributed by atoms with Crippen LogP contribution in [0.2, 0.25) is 0 Å². The minimum Gasteiger partial charge on any atom is -0.480 e. The number of nitrogens with one attached hydrogen (secondary N) is 1. The van der Waals surface area contributed by atoms with Gasteiger partial charge in [0.15, 0.2) is 0 Å². The molecule has 1 aromatic rings. The van der Waals surface area contributed by atoms with E-state index in [0.29, 0.717) is 12.8 Å². The summed E-state index contributed by atoms with van der Waals surface area (Å²) in [5.41, 5.74) is 0.912. The van der Waals surface area contributed by atoms with Crippen LogP contribution in [0.4, 0.5) is 0 Å². The number of carboxylic acids is 1. The number of aromatic nitrogens is 1. The van der Waals surface area contributed by atoms with Crippen molar-refractivity contribution in [2.24, 2.45) is 0 Å². The van der Waals surface area contributed by atoms with E-state index >= 15 is 0 Å². The van der Waals surface area contributed by atoms with E-state index < -0.39 is 12.0 Å². The van der Waals surface area contributed by atoms with Gasteiger partial charge in [-0.1, -0.05) is 6.92 Å². The Labute approximate surface area is 94.1 Å².